The van der Waals surface area contributed by atoms with E-state index in [9.17, 15) is 0 Å². The average Bonchev–Trinajstić information content (AvgIpc) is 3.09. The molecule has 2 atom stereocenters. The van der Waals surface area contributed by atoms with Gasteiger partial charge in [0, 0.05) is 5.02 Å². The molecule has 0 fully saturated rings. The number of hydrogen-bond acceptors (Lipinski definition) is 3. The van der Waals surface area contributed by atoms with Gasteiger partial charge in [0.1, 0.15) is 6.33 Å². The van der Waals surface area contributed by atoms with Gasteiger partial charge in [-0.1, -0.05) is 61.8 Å². The van der Waals surface area contributed by atoms with E-state index in [-0.39, 0.29) is 12.1 Å². The third-order valence-electron chi connectivity index (χ3n) is 4.87. The number of fused-ring (bicyclic) bond motifs is 1. The molecule has 4 nitrogen and oxygen atoms in total. The van der Waals surface area contributed by atoms with E-state index < -0.39 is 0 Å². The van der Waals surface area contributed by atoms with E-state index in [1.54, 1.807) is 6.33 Å². The Kier molecular flexibility index (Phi) is 4.22. The molecule has 0 spiro atoms. The van der Waals surface area contributed by atoms with Gasteiger partial charge in [0.15, 0.2) is 0 Å². The van der Waals surface area contributed by atoms with E-state index in [2.05, 4.69) is 59.6 Å². The largest absolute Gasteiger partial charge is 0.348 e. The molecule has 1 aliphatic heterocycles. The minimum absolute atomic E-state index is 0.118. The van der Waals surface area contributed by atoms with E-state index >= 15 is 0 Å². The van der Waals surface area contributed by atoms with Crippen molar-refractivity contribution in [3.63, 3.8) is 0 Å². The van der Waals surface area contributed by atoms with Gasteiger partial charge in [-0.2, -0.15) is 10.1 Å². The molecule has 1 aromatic heterocycles. The summed E-state index contributed by atoms with van der Waals surface area (Å²) < 4.78 is 1.95. The molecule has 1 N–H and O–H groups in total. The molecule has 0 amide bonds. The molecule has 5 heteroatoms. The Bertz CT molecular complexity index is 869. The predicted molar refractivity (Wildman–Crippen MR) is 101 cm³/mol. The topological polar surface area (TPSA) is 42.7 Å². The van der Waals surface area contributed by atoms with E-state index in [4.69, 9.17) is 11.6 Å². The number of nitrogens with one attached hydrogen (secondary N) is 1. The molecular formula is C20H21ClN4. The lowest BCUT2D eigenvalue weighted by Crippen LogP contribution is -2.28. The number of rotatable bonds is 3. The van der Waals surface area contributed by atoms with Crippen molar-refractivity contribution in [3.8, 4) is 0 Å². The zero-order valence-corrected chi connectivity index (χ0v) is 15.1. The normalized spacial score (nSPS) is 19.5. The number of anilines is 1. The zero-order chi connectivity index (χ0) is 17.4. The number of benzene rings is 2. The molecule has 0 saturated heterocycles. The number of hydrogen-bond donors (Lipinski definition) is 1. The smallest absolute Gasteiger partial charge is 0.222 e. The van der Waals surface area contributed by atoms with Gasteiger partial charge >= 0.3 is 0 Å². The molecule has 0 radical (unpaired) electrons. The van der Waals surface area contributed by atoms with Crippen LogP contribution in [0.4, 0.5) is 5.95 Å². The van der Waals surface area contributed by atoms with Crippen LogP contribution in [-0.2, 0) is 0 Å². The maximum Gasteiger partial charge on any atom is 0.222 e. The van der Waals surface area contributed by atoms with Gasteiger partial charge in [0.2, 0.25) is 5.95 Å². The van der Waals surface area contributed by atoms with Crippen molar-refractivity contribution in [1.82, 2.24) is 14.8 Å². The summed E-state index contributed by atoms with van der Waals surface area (Å²) in [4.78, 5) is 4.38. The minimum Gasteiger partial charge on any atom is -0.348 e. The molecule has 0 bridgehead atoms. The van der Waals surface area contributed by atoms with Crippen LogP contribution in [0.1, 0.15) is 55.0 Å². The molecule has 0 saturated carbocycles. The van der Waals surface area contributed by atoms with Gasteiger partial charge in [-0.05, 0) is 41.2 Å². The maximum absolute atomic E-state index is 6.20. The van der Waals surface area contributed by atoms with Crippen molar-refractivity contribution in [1.29, 1.82) is 0 Å². The lowest BCUT2D eigenvalue weighted by Gasteiger charge is -2.32. The Hall–Kier alpha value is -2.33. The Morgan fingerprint density at radius 2 is 1.92 bits per heavy atom. The Balaban J connectivity index is 1.68. The monoisotopic (exact) mass is 352 g/mol. The van der Waals surface area contributed by atoms with Crippen molar-refractivity contribution in [2.45, 2.75) is 38.3 Å². The van der Waals surface area contributed by atoms with E-state index in [0.29, 0.717) is 5.92 Å². The summed E-state index contributed by atoms with van der Waals surface area (Å²) >= 11 is 6.20. The van der Waals surface area contributed by atoms with Crippen LogP contribution in [0.25, 0.3) is 0 Å². The first-order chi connectivity index (χ1) is 12.1. The van der Waals surface area contributed by atoms with E-state index in [0.717, 1.165) is 23.0 Å². The molecule has 25 heavy (non-hydrogen) atoms. The highest BCUT2D eigenvalue weighted by atomic mass is 35.5. The van der Waals surface area contributed by atoms with Crippen LogP contribution in [0.2, 0.25) is 5.02 Å². The second kappa shape index (κ2) is 6.52. The third-order valence-corrected chi connectivity index (χ3v) is 5.10. The van der Waals surface area contributed by atoms with Gasteiger partial charge in [-0.25, -0.2) is 4.68 Å². The molecule has 2 aromatic carbocycles. The number of aromatic nitrogens is 3. The van der Waals surface area contributed by atoms with Crippen molar-refractivity contribution in [2.75, 3.05) is 5.32 Å². The van der Waals surface area contributed by atoms with Crippen LogP contribution >= 0.6 is 11.6 Å². The summed E-state index contributed by atoms with van der Waals surface area (Å²) in [5, 5.41) is 8.67. The first-order valence-corrected chi connectivity index (χ1v) is 9.01. The standard InChI is InChI=1S/C20H21ClN4/c1-13(2)14-6-8-15(9-7-14)18-11-19(16-4-3-5-17(21)10-16)25-20(24-18)22-12-23-25/h3-10,12-13,18-19H,11H2,1-2H3,(H,22,23,24). The molecule has 4 rings (SSSR count). The number of nitrogens with zero attached hydrogens (tertiary/aromatic N) is 3. The Labute approximate surface area is 152 Å². The van der Waals surface area contributed by atoms with E-state index in [1.165, 1.54) is 11.1 Å². The molecular weight excluding hydrogens is 332 g/mol. The zero-order valence-electron chi connectivity index (χ0n) is 14.4. The van der Waals surface area contributed by atoms with Crippen molar-refractivity contribution in [2.24, 2.45) is 0 Å². The molecule has 2 heterocycles. The fourth-order valence-electron chi connectivity index (χ4n) is 3.44. The summed E-state index contributed by atoms with van der Waals surface area (Å²) in [5.41, 5.74) is 3.78. The fourth-order valence-corrected chi connectivity index (χ4v) is 3.64. The Morgan fingerprint density at radius 3 is 2.64 bits per heavy atom. The summed E-state index contributed by atoms with van der Waals surface area (Å²) in [5.74, 6) is 1.34. The molecule has 2 unspecified atom stereocenters. The lowest BCUT2D eigenvalue weighted by molar-refractivity contribution is 0.431. The third kappa shape index (κ3) is 3.14. The predicted octanol–water partition coefficient (Wildman–Crippen LogP) is 5.20. The molecule has 1 aliphatic rings. The summed E-state index contributed by atoms with van der Waals surface area (Å²) in [6.45, 7) is 4.43. The van der Waals surface area contributed by atoms with Crippen LogP contribution in [0, 0.1) is 0 Å². The minimum atomic E-state index is 0.118. The number of halogens is 1. The Morgan fingerprint density at radius 1 is 1.12 bits per heavy atom. The van der Waals surface area contributed by atoms with Crippen molar-refractivity contribution in [3.05, 3.63) is 76.6 Å². The van der Waals surface area contributed by atoms with Crippen LogP contribution < -0.4 is 5.32 Å². The lowest BCUT2D eigenvalue weighted by atomic mass is 9.92. The van der Waals surface area contributed by atoms with Crippen LogP contribution in [0.5, 0.6) is 0 Å². The van der Waals surface area contributed by atoms with E-state index in [1.807, 2.05) is 22.9 Å². The van der Waals surface area contributed by atoms with Gasteiger partial charge in [-0.3, -0.25) is 0 Å². The SMILES string of the molecule is CC(C)c1ccc(C2CC(c3cccc(Cl)c3)n3ncnc3N2)cc1. The molecule has 0 aliphatic carbocycles. The van der Waals surface area contributed by atoms with Gasteiger partial charge < -0.3 is 5.32 Å². The second-order valence-corrected chi connectivity index (χ2v) is 7.29. The summed E-state index contributed by atoms with van der Waals surface area (Å²) in [6, 6.07) is 17.2. The highest BCUT2D eigenvalue weighted by molar-refractivity contribution is 6.30. The van der Waals surface area contributed by atoms with Gasteiger partial charge in [0.25, 0.3) is 0 Å². The molecule has 128 valence electrons. The second-order valence-electron chi connectivity index (χ2n) is 6.85. The van der Waals surface area contributed by atoms with Gasteiger partial charge in [0.05, 0.1) is 12.1 Å². The first kappa shape index (κ1) is 16.2. The van der Waals surface area contributed by atoms with Crippen LogP contribution in [0.15, 0.2) is 54.9 Å². The van der Waals surface area contributed by atoms with Crippen molar-refractivity contribution >= 4 is 17.5 Å². The average molecular weight is 353 g/mol. The van der Waals surface area contributed by atoms with Crippen molar-refractivity contribution < 1.29 is 0 Å². The fraction of sp³-hybridized carbons (Fsp3) is 0.300. The summed E-state index contributed by atoms with van der Waals surface area (Å²) in [6.07, 6.45) is 2.50. The maximum atomic E-state index is 6.20. The first-order valence-electron chi connectivity index (χ1n) is 8.63. The van der Waals surface area contributed by atoms with Crippen LogP contribution in [-0.4, -0.2) is 14.8 Å². The van der Waals surface area contributed by atoms with Gasteiger partial charge in [-0.15, -0.1) is 0 Å². The quantitative estimate of drug-likeness (QED) is 0.704. The summed E-state index contributed by atoms with van der Waals surface area (Å²) in [7, 11) is 0. The highest BCUT2D eigenvalue weighted by Gasteiger charge is 2.29. The highest BCUT2D eigenvalue weighted by Crippen LogP contribution is 2.38. The molecule has 3 aromatic rings. The van der Waals surface area contributed by atoms with Crippen LogP contribution in [0.3, 0.4) is 0 Å².